The monoisotopic (exact) mass is 456 g/mol. The van der Waals surface area contributed by atoms with E-state index in [9.17, 15) is 14.4 Å². The van der Waals surface area contributed by atoms with Gasteiger partial charge < -0.3 is 20.4 Å². The average molecular weight is 457 g/mol. The number of carbonyl (C=O) groups is 3. The van der Waals surface area contributed by atoms with E-state index >= 15 is 0 Å². The smallest absolute Gasteiger partial charge is 0.291 e. The second-order valence-electron chi connectivity index (χ2n) is 7.71. The summed E-state index contributed by atoms with van der Waals surface area (Å²) in [7, 11) is 0. The summed E-state index contributed by atoms with van der Waals surface area (Å²) >= 11 is 0. The van der Waals surface area contributed by atoms with Gasteiger partial charge in [0.2, 0.25) is 11.8 Å². The summed E-state index contributed by atoms with van der Waals surface area (Å²) in [6.45, 7) is 0.682. The third kappa shape index (κ3) is 6.29. The Morgan fingerprint density at radius 1 is 0.824 bits per heavy atom. The molecule has 2 heterocycles. The van der Waals surface area contributed by atoms with Gasteiger partial charge in [-0.05, 0) is 47.5 Å². The first kappa shape index (κ1) is 22.7. The molecule has 34 heavy (non-hydrogen) atoms. The van der Waals surface area contributed by atoms with E-state index in [1.807, 2.05) is 30.3 Å². The summed E-state index contributed by atoms with van der Waals surface area (Å²) in [4.78, 5) is 40.5. The summed E-state index contributed by atoms with van der Waals surface area (Å²) in [5.41, 5.74) is 3.01. The molecule has 4 rings (SSSR count). The molecule has 0 saturated carbocycles. The molecule has 0 bridgehead atoms. The van der Waals surface area contributed by atoms with E-state index in [4.69, 9.17) is 4.42 Å². The third-order valence-electron chi connectivity index (χ3n) is 5.14. The second-order valence-corrected chi connectivity index (χ2v) is 7.71. The van der Waals surface area contributed by atoms with Crippen molar-refractivity contribution in [1.29, 1.82) is 0 Å². The van der Waals surface area contributed by atoms with Crippen LogP contribution in [0.1, 0.15) is 28.1 Å². The largest absolute Gasteiger partial charge is 0.451 e. The Bertz CT molecular complexity index is 1250. The number of nitrogens with one attached hydrogen (secondary N) is 3. The maximum atomic E-state index is 12.4. The van der Waals surface area contributed by atoms with E-state index in [0.29, 0.717) is 17.8 Å². The first-order chi connectivity index (χ1) is 16.6. The van der Waals surface area contributed by atoms with Crippen LogP contribution in [0.15, 0.2) is 83.5 Å². The summed E-state index contributed by atoms with van der Waals surface area (Å²) in [6, 6.07) is 19.8. The maximum Gasteiger partial charge on any atom is 0.291 e. The Labute approximate surface area is 196 Å². The summed E-state index contributed by atoms with van der Waals surface area (Å²) in [5.74, 6) is -0.430. The summed E-state index contributed by atoms with van der Waals surface area (Å²) in [6.07, 6.45) is 3.71. The van der Waals surface area contributed by atoms with Gasteiger partial charge >= 0.3 is 0 Å². The lowest BCUT2D eigenvalue weighted by Crippen LogP contribution is -2.31. The molecule has 3 N–H and O–H groups in total. The van der Waals surface area contributed by atoms with Crippen LogP contribution in [0.4, 0.5) is 5.69 Å². The molecule has 0 aliphatic carbocycles. The number of pyridine rings is 1. The predicted octanol–water partition coefficient (Wildman–Crippen LogP) is 3.45. The fraction of sp³-hybridized carbons (Fsp3) is 0.154. The number of aromatic nitrogens is 1. The Balaban J connectivity index is 1.19. The van der Waals surface area contributed by atoms with Crippen molar-refractivity contribution in [2.75, 3.05) is 11.9 Å². The highest BCUT2D eigenvalue weighted by atomic mass is 16.3. The fourth-order valence-electron chi connectivity index (χ4n) is 3.35. The quantitative estimate of drug-likeness (QED) is 0.357. The number of para-hydroxylation sites is 1. The zero-order valence-electron chi connectivity index (χ0n) is 18.4. The van der Waals surface area contributed by atoms with E-state index < -0.39 is 0 Å². The second kappa shape index (κ2) is 10.9. The molecule has 0 saturated heterocycles. The minimum atomic E-state index is -0.344. The van der Waals surface area contributed by atoms with Crippen LogP contribution in [0.25, 0.3) is 11.0 Å². The number of fused-ring (bicyclic) bond motifs is 1. The van der Waals surface area contributed by atoms with E-state index in [-0.39, 0.29) is 42.9 Å². The molecule has 4 aromatic rings. The SMILES string of the molecule is O=C(CCNC(=O)Cc1ccc(NC(=O)c2cc3ccccc3o2)cc1)NCc1ccncc1. The van der Waals surface area contributed by atoms with Crippen LogP contribution in [-0.2, 0) is 22.6 Å². The van der Waals surface area contributed by atoms with Crippen molar-refractivity contribution in [3.63, 3.8) is 0 Å². The number of nitrogens with zero attached hydrogens (tertiary/aromatic N) is 1. The highest BCUT2D eigenvalue weighted by molar-refractivity contribution is 6.04. The topological polar surface area (TPSA) is 113 Å². The molecule has 0 aliphatic heterocycles. The van der Waals surface area contributed by atoms with Gasteiger partial charge in [0.05, 0.1) is 6.42 Å². The minimum absolute atomic E-state index is 0.137. The number of rotatable bonds is 9. The van der Waals surface area contributed by atoms with Gasteiger partial charge in [-0.2, -0.15) is 0 Å². The first-order valence-corrected chi connectivity index (χ1v) is 10.9. The predicted molar refractivity (Wildman–Crippen MR) is 128 cm³/mol. The van der Waals surface area contributed by atoms with Gasteiger partial charge in [-0.15, -0.1) is 0 Å². The van der Waals surface area contributed by atoms with Gasteiger partial charge in [-0.1, -0.05) is 30.3 Å². The summed E-state index contributed by atoms with van der Waals surface area (Å²) in [5, 5.41) is 9.20. The number of amides is 3. The van der Waals surface area contributed by atoms with Crippen LogP contribution >= 0.6 is 0 Å². The number of hydrogen-bond acceptors (Lipinski definition) is 5. The molecule has 0 atom stereocenters. The molecular weight excluding hydrogens is 432 g/mol. The molecule has 0 spiro atoms. The lowest BCUT2D eigenvalue weighted by atomic mass is 10.1. The van der Waals surface area contributed by atoms with Gasteiger partial charge in [0.1, 0.15) is 5.58 Å². The number of hydrogen-bond donors (Lipinski definition) is 3. The molecule has 8 heteroatoms. The maximum absolute atomic E-state index is 12.4. The van der Waals surface area contributed by atoms with Crippen molar-refractivity contribution in [1.82, 2.24) is 15.6 Å². The Morgan fingerprint density at radius 3 is 2.35 bits per heavy atom. The van der Waals surface area contributed by atoms with Gasteiger partial charge in [0.15, 0.2) is 5.76 Å². The van der Waals surface area contributed by atoms with E-state index in [1.165, 1.54) is 0 Å². The van der Waals surface area contributed by atoms with Crippen molar-refractivity contribution < 1.29 is 18.8 Å². The molecule has 3 amide bonds. The van der Waals surface area contributed by atoms with Gasteiger partial charge in [-0.25, -0.2) is 0 Å². The Kier molecular flexibility index (Phi) is 7.29. The Morgan fingerprint density at radius 2 is 1.59 bits per heavy atom. The first-order valence-electron chi connectivity index (χ1n) is 10.9. The van der Waals surface area contributed by atoms with Gasteiger partial charge in [-0.3, -0.25) is 19.4 Å². The van der Waals surface area contributed by atoms with E-state index in [2.05, 4.69) is 20.9 Å². The summed E-state index contributed by atoms with van der Waals surface area (Å²) < 4.78 is 5.57. The van der Waals surface area contributed by atoms with Gasteiger partial charge in [0.25, 0.3) is 5.91 Å². The van der Waals surface area contributed by atoms with Crippen LogP contribution in [0.3, 0.4) is 0 Å². The van der Waals surface area contributed by atoms with Crippen LogP contribution in [0.5, 0.6) is 0 Å². The van der Waals surface area contributed by atoms with Crippen molar-refractivity contribution in [2.45, 2.75) is 19.4 Å². The van der Waals surface area contributed by atoms with Crippen molar-refractivity contribution in [2.24, 2.45) is 0 Å². The molecule has 0 radical (unpaired) electrons. The normalized spacial score (nSPS) is 10.6. The van der Waals surface area contributed by atoms with Gasteiger partial charge in [0, 0.05) is 43.0 Å². The van der Waals surface area contributed by atoms with E-state index in [0.717, 1.165) is 16.5 Å². The van der Waals surface area contributed by atoms with Crippen LogP contribution in [-0.4, -0.2) is 29.3 Å². The van der Waals surface area contributed by atoms with Crippen molar-refractivity contribution in [3.05, 3.63) is 96.0 Å². The standard InChI is InChI=1S/C26H24N4O4/c31-24(29-17-19-9-12-27-13-10-19)11-14-28-25(32)15-18-5-7-21(8-6-18)30-26(33)23-16-20-3-1-2-4-22(20)34-23/h1-10,12-13,16H,11,14-15,17H2,(H,28,32)(H,29,31)(H,30,33). The highest BCUT2D eigenvalue weighted by Crippen LogP contribution is 2.20. The van der Waals surface area contributed by atoms with E-state index in [1.54, 1.807) is 48.8 Å². The zero-order valence-corrected chi connectivity index (χ0v) is 18.4. The highest BCUT2D eigenvalue weighted by Gasteiger charge is 2.12. The molecule has 0 aliphatic rings. The number of anilines is 1. The van der Waals surface area contributed by atoms with Crippen LogP contribution in [0, 0.1) is 0 Å². The number of benzene rings is 2. The molecule has 0 fully saturated rings. The molecular formula is C26H24N4O4. The Hall–Kier alpha value is -4.46. The third-order valence-corrected chi connectivity index (χ3v) is 5.14. The number of furan rings is 1. The molecule has 0 unspecified atom stereocenters. The molecule has 172 valence electrons. The molecule has 2 aromatic heterocycles. The van der Waals surface area contributed by atoms with Crippen LogP contribution in [0.2, 0.25) is 0 Å². The minimum Gasteiger partial charge on any atom is -0.451 e. The van der Waals surface area contributed by atoms with Crippen LogP contribution < -0.4 is 16.0 Å². The van der Waals surface area contributed by atoms with Crippen molar-refractivity contribution >= 4 is 34.4 Å². The lowest BCUT2D eigenvalue weighted by molar-refractivity contribution is -0.122. The average Bonchev–Trinajstić information content (AvgIpc) is 3.29. The molecule has 2 aromatic carbocycles. The number of carbonyl (C=O) groups excluding carboxylic acids is 3. The lowest BCUT2D eigenvalue weighted by Gasteiger charge is -2.08. The van der Waals surface area contributed by atoms with Crippen molar-refractivity contribution in [3.8, 4) is 0 Å². The fourth-order valence-corrected chi connectivity index (χ4v) is 3.35. The zero-order chi connectivity index (χ0) is 23.8. The molecule has 8 nitrogen and oxygen atoms in total.